The SMILES string of the molecule is O=C(Nc1cccc(CN2CCCCC2)c1)C1(c2ccc(Br)cc2)CC1. The van der Waals surface area contributed by atoms with Crippen LogP contribution in [0, 0.1) is 0 Å². The number of halogens is 1. The molecule has 0 spiro atoms. The Morgan fingerprint density at radius 3 is 2.46 bits per heavy atom. The lowest BCUT2D eigenvalue weighted by atomic mass is 9.95. The van der Waals surface area contributed by atoms with Crippen LogP contribution in [0.4, 0.5) is 5.69 Å². The minimum absolute atomic E-state index is 0.120. The maximum Gasteiger partial charge on any atom is 0.235 e. The van der Waals surface area contributed by atoms with Crippen molar-refractivity contribution >= 4 is 27.5 Å². The first kappa shape index (κ1) is 17.7. The Bertz CT molecular complexity index is 777. The fourth-order valence-corrected chi connectivity index (χ4v) is 4.18. The van der Waals surface area contributed by atoms with Crippen molar-refractivity contribution in [1.82, 2.24) is 4.90 Å². The fourth-order valence-electron chi connectivity index (χ4n) is 3.91. The summed E-state index contributed by atoms with van der Waals surface area (Å²) in [6, 6.07) is 16.5. The molecule has 0 aromatic heterocycles. The van der Waals surface area contributed by atoms with E-state index in [-0.39, 0.29) is 11.3 Å². The van der Waals surface area contributed by atoms with Crippen molar-refractivity contribution in [2.24, 2.45) is 0 Å². The average Bonchev–Trinajstić information content (AvgIpc) is 3.45. The summed E-state index contributed by atoms with van der Waals surface area (Å²) in [5, 5.41) is 3.17. The van der Waals surface area contributed by atoms with Gasteiger partial charge in [0.1, 0.15) is 0 Å². The van der Waals surface area contributed by atoms with Gasteiger partial charge in [0.25, 0.3) is 0 Å². The number of nitrogens with zero attached hydrogens (tertiary/aromatic N) is 1. The number of likely N-dealkylation sites (tertiary alicyclic amines) is 1. The Balaban J connectivity index is 1.44. The molecule has 2 aromatic carbocycles. The molecule has 1 amide bonds. The van der Waals surface area contributed by atoms with Crippen molar-refractivity contribution in [2.45, 2.75) is 44.1 Å². The lowest BCUT2D eigenvalue weighted by molar-refractivity contribution is -0.118. The second kappa shape index (κ2) is 7.53. The highest BCUT2D eigenvalue weighted by molar-refractivity contribution is 9.10. The third kappa shape index (κ3) is 3.86. The van der Waals surface area contributed by atoms with Gasteiger partial charge in [-0.3, -0.25) is 9.69 Å². The second-order valence-electron chi connectivity index (χ2n) is 7.58. The molecule has 1 aliphatic carbocycles. The van der Waals surface area contributed by atoms with Crippen molar-refractivity contribution in [3.63, 3.8) is 0 Å². The topological polar surface area (TPSA) is 32.3 Å². The average molecular weight is 413 g/mol. The van der Waals surface area contributed by atoms with E-state index in [2.05, 4.69) is 50.4 Å². The van der Waals surface area contributed by atoms with E-state index >= 15 is 0 Å². The number of rotatable bonds is 5. The zero-order valence-corrected chi connectivity index (χ0v) is 16.6. The number of piperidine rings is 1. The molecule has 1 aliphatic heterocycles. The quantitative estimate of drug-likeness (QED) is 0.739. The first-order chi connectivity index (χ1) is 12.7. The van der Waals surface area contributed by atoms with Gasteiger partial charge >= 0.3 is 0 Å². The summed E-state index contributed by atoms with van der Waals surface area (Å²) in [4.78, 5) is 15.5. The van der Waals surface area contributed by atoms with Crippen LogP contribution >= 0.6 is 15.9 Å². The number of hydrogen-bond acceptors (Lipinski definition) is 2. The Kier molecular flexibility index (Phi) is 5.14. The minimum Gasteiger partial charge on any atom is -0.325 e. The predicted molar refractivity (Wildman–Crippen MR) is 109 cm³/mol. The highest BCUT2D eigenvalue weighted by atomic mass is 79.9. The first-order valence-corrected chi connectivity index (χ1v) is 10.3. The van der Waals surface area contributed by atoms with Crippen molar-refractivity contribution in [3.8, 4) is 0 Å². The zero-order valence-electron chi connectivity index (χ0n) is 15.0. The summed E-state index contributed by atoms with van der Waals surface area (Å²) in [5.41, 5.74) is 2.96. The summed E-state index contributed by atoms with van der Waals surface area (Å²) in [6.45, 7) is 3.34. The van der Waals surface area contributed by atoms with Gasteiger partial charge in [-0.05, 0) is 74.2 Å². The van der Waals surface area contributed by atoms with E-state index in [1.165, 1.54) is 37.9 Å². The van der Waals surface area contributed by atoms with E-state index in [9.17, 15) is 4.79 Å². The van der Waals surface area contributed by atoms with Gasteiger partial charge in [-0.25, -0.2) is 0 Å². The van der Waals surface area contributed by atoms with Gasteiger partial charge in [0.15, 0.2) is 0 Å². The maximum absolute atomic E-state index is 13.0. The summed E-state index contributed by atoms with van der Waals surface area (Å²) in [6.07, 6.45) is 5.80. The van der Waals surface area contributed by atoms with Crippen molar-refractivity contribution < 1.29 is 4.79 Å². The minimum atomic E-state index is -0.344. The molecule has 1 N–H and O–H groups in total. The molecule has 26 heavy (non-hydrogen) atoms. The molecule has 0 unspecified atom stereocenters. The number of carbonyl (C=O) groups is 1. The highest BCUT2D eigenvalue weighted by Crippen LogP contribution is 2.49. The molecule has 3 nitrogen and oxygen atoms in total. The number of amides is 1. The van der Waals surface area contributed by atoms with E-state index in [0.717, 1.165) is 35.1 Å². The molecule has 0 atom stereocenters. The van der Waals surface area contributed by atoms with Crippen LogP contribution < -0.4 is 5.32 Å². The van der Waals surface area contributed by atoms with E-state index in [4.69, 9.17) is 0 Å². The summed E-state index contributed by atoms with van der Waals surface area (Å²) < 4.78 is 1.04. The molecule has 1 heterocycles. The molecule has 136 valence electrons. The van der Waals surface area contributed by atoms with E-state index < -0.39 is 0 Å². The van der Waals surface area contributed by atoms with Crippen LogP contribution in [-0.2, 0) is 16.8 Å². The Morgan fingerprint density at radius 2 is 1.77 bits per heavy atom. The molecule has 1 saturated carbocycles. The predicted octanol–water partition coefficient (Wildman–Crippen LogP) is 5.11. The lowest BCUT2D eigenvalue weighted by Gasteiger charge is -2.26. The Morgan fingerprint density at radius 1 is 1.04 bits per heavy atom. The van der Waals surface area contributed by atoms with Gasteiger partial charge in [-0.1, -0.05) is 46.6 Å². The molecule has 4 rings (SSSR count). The second-order valence-corrected chi connectivity index (χ2v) is 8.50. The van der Waals surface area contributed by atoms with Gasteiger partial charge < -0.3 is 5.32 Å². The number of benzene rings is 2. The molecule has 2 aliphatic rings. The van der Waals surface area contributed by atoms with Crippen molar-refractivity contribution in [2.75, 3.05) is 18.4 Å². The van der Waals surface area contributed by atoms with Gasteiger partial charge in [-0.15, -0.1) is 0 Å². The van der Waals surface area contributed by atoms with Crippen LogP contribution in [0.3, 0.4) is 0 Å². The van der Waals surface area contributed by atoms with Crippen LogP contribution in [0.15, 0.2) is 53.0 Å². The van der Waals surface area contributed by atoms with Gasteiger partial charge in [0, 0.05) is 16.7 Å². The number of carbonyl (C=O) groups excluding carboxylic acids is 1. The standard InChI is InChI=1S/C22H25BrN2O/c23-19-9-7-18(8-10-19)22(11-12-22)21(26)24-20-6-4-5-17(15-20)16-25-13-2-1-3-14-25/h4-10,15H,1-3,11-14,16H2,(H,24,26). The third-order valence-electron chi connectivity index (χ3n) is 5.62. The van der Waals surface area contributed by atoms with Gasteiger partial charge in [0.2, 0.25) is 5.91 Å². The third-order valence-corrected chi connectivity index (χ3v) is 6.15. The van der Waals surface area contributed by atoms with Crippen LogP contribution in [0.2, 0.25) is 0 Å². The van der Waals surface area contributed by atoms with Gasteiger partial charge in [-0.2, -0.15) is 0 Å². The molecule has 0 bridgehead atoms. The maximum atomic E-state index is 13.0. The van der Waals surface area contributed by atoms with Crippen LogP contribution in [-0.4, -0.2) is 23.9 Å². The van der Waals surface area contributed by atoms with Crippen molar-refractivity contribution in [3.05, 3.63) is 64.1 Å². The highest BCUT2D eigenvalue weighted by Gasteiger charge is 2.51. The number of nitrogens with one attached hydrogen (secondary N) is 1. The summed E-state index contributed by atoms with van der Waals surface area (Å²) in [7, 11) is 0. The molecule has 2 fully saturated rings. The van der Waals surface area contributed by atoms with Crippen LogP contribution in [0.5, 0.6) is 0 Å². The number of hydrogen-bond donors (Lipinski definition) is 1. The smallest absolute Gasteiger partial charge is 0.235 e. The Hall–Kier alpha value is -1.65. The lowest BCUT2D eigenvalue weighted by Crippen LogP contribution is -2.29. The molecule has 4 heteroatoms. The molecule has 0 radical (unpaired) electrons. The van der Waals surface area contributed by atoms with E-state index in [0.29, 0.717) is 0 Å². The van der Waals surface area contributed by atoms with E-state index in [1.807, 2.05) is 24.3 Å². The zero-order chi connectivity index (χ0) is 18.0. The normalized spacial score (nSPS) is 19.1. The van der Waals surface area contributed by atoms with E-state index in [1.54, 1.807) is 0 Å². The largest absolute Gasteiger partial charge is 0.325 e. The number of anilines is 1. The summed E-state index contributed by atoms with van der Waals surface area (Å²) >= 11 is 3.47. The van der Waals surface area contributed by atoms with Crippen LogP contribution in [0.25, 0.3) is 0 Å². The van der Waals surface area contributed by atoms with Gasteiger partial charge in [0.05, 0.1) is 5.41 Å². The monoisotopic (exact) mass is 412 g/mol. The molecule has 2 aromatic rings. The molecule has 1 saturated heterocycles. The fraction of sp³-hybridized carbons (Fsp3) is 0.409. The first-order valence-electron chi connectivity index (χ1n) is 9.55. The summed E-state index contributed by atoms with van der Waals surface area (Å²) in [5.74, 6) is 0.120. The van der Waals surface area contributed by atoms with Crippen LogP contribution in [0.1, 0.15) is 43.2 Å². The molecular formula is C22H25BrN2O. The van der Waals surface area contributed by atoms with Crippen molar-refractivity contribution in [1.29, 1.82) is 0 Å². The molecular weight excluding hydrogens is 388 g/mol. The Labute approximate surface area is 163 Å².